The molecule has 2 N–H and O–H groups in total. The molecule has 1 unspecified atom stereocenters. The van der Waals surface area contributed by atoms with Gasteiger partial charge in [0, 0.05) is 30.5 Å². The molecule has 4 heteroatoms. The van der Waals surface area contributed by atoms with Crippen molar-refractivity contribution in [3.8, 4) is 0 Å². The molecule has 0 saturated carbocycles. The van der Waals surface area contributed by atoms with Crippen LogP contribution >= 0.6 is 11.6 Å². The zero-order chi connectivity index (χ0) is 13.8. The van der Waals surface area contributed by atoms with Crippen LogP contribution in [0.15, 0.2) is 36.7 Å². The third kappa shape index (κ3) is 3.37. The SMILES string of the molecule is CCCC(N)c1ccn(Cc2cccc(Cl)c2F)c1. The number of hydrogen-bond acceptors (Lipinski definition) is 1. The summed E-state index contributed by atoms with van der Waals surface area (Å²) in [4.78, 5) is 0. The van der Waals surface area contributed by atoms with Crippen LogP contribution in [-0.2, 0) is 6.54 Å². The Bertz CT molecular complexity index is 551. The highest BCUT2D eigenvalue weighted by molar-refractivity contribution is 6.30. The van der Waals surface area contributed by atoms with E-state index in [1.165, 1.54) is 0 Å². The van der Waals surface area contributed by atoms with E-state index in [1.54, 1.807) is 18.2 Å². The summed E-state index contributed by atoms with van der Waals surface area (Å²) in [5.41, 5.74) is 7.73. The minimum Gasteiger partial charge on any atom is -0.349 e. The highest BCUT2D eigenvalue weighted by atomic mass is 35.5. The molecular weight excluding hydrogens is 263 g/mol. The van der Waals surface area contributed by atoms with Crippen LogP contribution in [0.1, 0.15) is 36.9 Å². The molecule has 1 heterocycles. The molecule has 2 nitrogen and oxygen atoms in total. The van der Waals surface area contributed by atoms with Crippen LogP contribution in [0.2, 0.25) is 5.02 Å². The molecule has 0 spiro atoms. The summed E-state index contributed by atoms with van der Waals surface area (Å²) in [7, 11) is 0. The van der Waals surface area contributed by atoms with Gasteiger partial charge in [-0.15, -0.1) is 0 Å². The van der Waals surface area contributed by atoms with Gasteiger partial charge in [-0.2, -0.15) is 0 Å². The average Bonchev–Trinajstić information content (AvgIpc) is 2.84. The van der Waals surface area contributed by atoms with Crippen LogP contribution in [0.25, 0.3) is 0 Å². The highest BCUT2D eigenvalue weighted by Gasteiger charge is 2.09. The van der Waals surface area contributed by atoms with E-state index in [0.29, 0.717) is 12.1 Å². The lowest BCUT2D eigenvalue weighted by atomic mass is 10.1. The molecule has 0 aliphatic rings. The van der Waals surface area contributed by atoms with Gasteiger partial charge in [0.1, 0.15) is 5.82 Å². The Morgan fingerprint density at radius 1 is 1.37 bits per heavy atom. The summed E-state index contributed by atoms with van der Waals surface area (Å²) in [6, 6.07) is 7.10. The highest BCUT2D eigenvalue weighted by Crippen LogP contribution is 2.20. The van der Waals surface area contributed by atoms with Gasteiger partial charge in [-0.05, 0) is 24.1 Å². The fourth-order valence-electron chi connectivity index (χ4n) is 2.12. The maximum absolute atomic E-state index is 13.8. The second-order valence-corrected chi connectivity index (χ2v) is 5.13. The monoisotopic (exact) mass is 280 g/mol. The van der Waals surface area contributed by atoms with E-state index in [1.807, 2.05) is 23.0 Å². The first-order chi connectivity index (χ1) is 9.11. The Labute approximate surface area is 118 Å². The molecule has 102 valence electrons. The summed E-state index contributed by atoms with van der Waals surface area (Å²) < 4.78 is 15.7. The van der Waals surface area contributed by atoms with Crippen molar-refractivity contribution in [1.82, 2.24) is 4.57 Å². The fraction of sp³-hybridized carbons (Fsp3) is 0.333. The van der Waals surface area contributed by atoms with Crippen molar-refractivity contribution in [1.29, 1.82) is 0 Å². The molecule has 0 bridgehead atoms. The molecule has 1 aromatic carbocycles. The first-order valence-electron chi connectivity index (χ1n) is 6.46. The number of hydrogen-bond donors (Lipinski definition) is 1. The maximum Gasteiger partial charge on any atom is 0.146 e. The molecule has 0 aliphatic carbocycles. The number of halogens is 2. The van der Waals surface area contributed by atoms with Gasteiger partial charge in [0.2, 0.25) is 0 Å². The Morgan fingerprint density at radius 3 is 2.89 bits per heavy atom. The van der Waals surface area contributed by atoms with Crippen LogP contribution in [0.3, 0.4) is 0 Å². The molecule has 1 atom stereocenters. The minimum absolute atomic E-state index is 0.0514. The lowest BCUT2D eigenvalue weighted by molar-refractivity contribution is 0.599. The molecule has 0 saturated heterocycles. The molecule has 2 rings (SSSR count). The van der Waals surface area contributed by atoms with Gasteiger partial charge < -0.3 is 10.3 Å². The smallest absolute Gasteiger partial charge is 0.146 e. The average molecular weight is 281 g/mol. The first-order valence-corrected chi connectivity index (χ1v) is 6.83. The summed E-state index contributed by atoms with van der Waals surface area (Å²) in [5.74, 6) is -0.350. The molecule has 0 amide bonds. The molecule has 0 aliphatic heterocycles. The van der Waals surface area contributed by atoms with Gasteiger partial charge in [0.25, 0.3) is 0 Å². The number of rotatable bonds is 5. The van der Waals surface area contributed by atoms with Crippen molar-refractivity contribution in [3.05, 3.63) is 58.6 Å². The van der Waals surface area contributed by atoms with Gasteiger partial charge in [0.05, 0.1) is 5.02 Å². The number of benzene rings is 1. The van der Waals surface area contributed by atoms with Crippen molar-refractivity contribution in [3.63, 3.8) is 0 Å². The molecular formula is C15H18ClFN2. The summed E-state index contributed by atoms with van der Waals surface area (Å²) in [6.07, 6.45) is 5.90. The van der Waals surface area contributed by atoms with E-state index in [9.17, 15) is 4.39 Å². The third-order valence-electron chi connectivity index (χ3n) is 3.19. The van der Waals surface area contributed by atoms with Crippen molar-refractivity contribution in [2.45, 2.75) is 32.4 Å². The van der Waals surface area contributed by atoms with E-state index in [-0.39, 0.29) is 16.9 Å². The summed E-state index contributed by atoms with van der Waals surface area (Å²) in [6.45, 7) is 2.57. The topological polar surface area (TPSA) is 30.9 Å². The Balaban J connectivity index is 2.14. The predicted octanol–water partition coefficient (Wildman–Crippen LogP) is 4.13. The fourth-order valence-corrected chi connectivity index (χ4v) is 2.32. The molecule has 0 radical (unpaired) electrons. The van der Waals surface area contributed by atoms with Crippen LogP contribution in [0, 0.1) is 5.82 Å². The van der Waals surface area contributed by atoms with Crippen LogP contribution < -0.4 is 5.73 Å². The van der Waals surface area contributed by atoms with Crippen LogP contribution in [-0.4, -0.2) is 4.57 Å². The summed E-state index contributed by atoms with van der Waals surface area (Å²) in [5, 5.41) is 0.160. The number of nitrogens with zero attached hydrogens (tertiary/aromatic N) is 1. The second kappa shape index (κ2) is 6.22. The normalized spacial score (nSPS) is 12.6. The lowest BCUT2D eigenvalue weighted by Gasteiger charge is -2.08. The van der Waals surface area contributed by atoms with Crippen molar-refractivity contribution < 1.29 is 4.39 Å². The molecule has 0 fully saturated rings. The van der Waals surface area contributed by atoms with Crippen molar-refractivity contribution in [2.24, 2.45) is 5.73 Å². The molecule has 2 aromatic rings. The number of nitrogens with two attached hydrogens (primary N) is 1. The molecule has 1 aromatic heterocycles. The van der Waals surface area contributed by atoms with Gasteiger partial charge in [-0.25, -0.2) is 4.39 Å². The van der Waals surface area contributed by atoms with Gasteiger partial charge in [-0.1, -0.05) is 37.1 Å². The molecule has 19 heavy (non-hydrogen) atoms. The maximum atomic E-state index is 13.8. The largest absolute Gasteiger partial charge is 0.349 e. The van der Waals surface area contributed by atoms with Gasteiger partial charge >= 0.3 is 0 Å². The Kier molecular flexibility index (Phi) is 4.61. The zero-order valence-corrected chi connectivity index (χ0v) is 11.7. The van der Waals surface area contributed by atoms with Crippen molar-refractivity contribution in [2.75, 3.05) is 0 Å². The Morgan fingerprint density at radius 2 is 2.16 bits per heavy atom. The first kappa shape index (κ1) is 14.1. The lowest BCUT2D eigenvalue weighted by Crippen LogP contribution is -2.09. The van der Waals surface area contributed by atoms with Crippen LogP contribution in [0.5, 0.6) is 0 Å². The van der Waals surface area contributed by atoms with Gasteiger partial charge in [-0.3, -0.25) is 0 Å². The standard InChI is InChI=1S/C15H18ClFN2/c1-2-4-14(18)11-7-8-19(9-11)10-12-5-3-6-13(16)15(12)17/h3,5-9,14H,2,4,10,18H2,1H3. The van der Waals surface area contributed by atoms with Gasteiger partial charge in [0.15, 0.2) is 0 Å². The van der Waals surface area contributed by atoms with E-state index in [0.717, 1.165) is 18.4 Å². The number of aromatic nitrogens is 1. The quantitative estimate of drug-likeness (QED) is 0.877. The van der Waals surface area contributed by atoms with E-state index >= 15 is 0 Å². The van der Waals surface area contributed by atoms with E-state index in [2.05, 4.69) is 6.92 Å². The summed E-state index contributed by atoms with van der Waals surface area (Å²) >= 11 is 5.77. The van der Waals surface area contributed by atoms with E-state index < -0.39 is 0 Å². The second-order valence-electron chi connectivity index (χ2n) is 4.73. The third-order valence-corrected chi connectivity index (χ3v) is 3.48. The van der Waals surface area contributed by atoms with E-state index in [4.69, 9.17) is 17.3 Å². The zero-order valence-electron chi connectivity index (χ0n) is 10.9. The predicted molar refractivity (Wildman–Crippen MR) is 76.8 cm³/mol. The minimum atomic E-state index is -0.350. The van der Waals surface area contributed by atoms with Crippen molar-refractivity contribution >= 4 is 11.6 Å². The van der Waals surface area contributed by atoms with Crippen LogP contribution in [0.4, 0.5) is 4.39 Å². The Hall–Kier alpha value is -1.32.